The summed E-state index contributed by atoms with van der Waals surface area (Å²) < 4.78 is 5.82. The number of hydrogen-bond donors (Lipinski definition) is 2. The number of nitrogens with one attached hydrogen (secondary N) is 2. The third kappa shape index (κ3) is 9.21. The molecule has 1 saturated heterocycles. The summed E-state index contributed by atoms with van der Waals surface area (Å²) in [6, 6.07) is 0.403. The Bertz CT molecular complexity index is 493. The number of ether oxygens (including phenoxy) is 1. The Kier molecular flexibility index (Phi) is 13.6. The van der Waals surface area contributed by atoms with Crippen molar-refractivity contribution >= 4 is 47.6 Å². The molecule has 0 radical (unpaired) electrons. The van der Waals surface area contributed by atoms with E-state index in [1.807, 2.05) is 18.8 Å². The van der Waals surface area contributed by atoms with Crippen molar-refractivity contribution < 1.29 is 9.53 Å². The highest BCUT2D eigenvalue weighted by Gasteiger charge is 2.30. The molecule has 1 unspecified atom stereocenters. The topological polar surface area (TPSA) is 66.0 Å². The number of hydrogen-bond acceptors (Lipinski definition) is 4. The number of thioether (sulfide) groups is 1. The molecule has 0 aromatic rings. The molecule has 6 nitrogen and oxygen atoms in total. The van der Waals surface area contributed by atoms with Crippen molar-refractivity contribution in [3.8, 4) is 0 Å². The van der Waals surface area contributed by atoms with Gasteiger partial charge in [-0.3, -0.25) is 9.79 Å². The van der Waals surface area contributed by atoms with E-state index in [2.05, 4.69) is 41.3 Å². The van der Waals surface area contributed by atoms with Crippen molar-refractivity contribution in [2.24, 2.45) is 16.8 Å². The molecule has 2 fully saturated rings. The zero-order valence-electron chi connectivity index (χ0n) is 18.6. The molecule has 1 aliphatic heterocycles. The van der Waals surface area contributed by atoms with Crippen LogP contribution in [-0.4, -0.2) is 73.7 Å². The molecule has 1 heterocycles. The molecule has 0 aromatic heterocycles. The molecular weight excluding hydrogens is 499 g/mol. The summed E-state index contributed by atoms with van der Waals surface area (Å²) in [6.07, 6.45) is 5.29. The predicted molar refractivity (Wildman–Crippen MR) is 134 cm³/mol. The fourth-order valence-electron chi connectivity index (χ4n) is 4.07. The molecule has 8 heteroatoms. The quantitative estimate of drug-likeness (QED) is 0.281. The fraction of sp³-hybridized carbons (Fsp3) is 0.905. The number of carbonyl (C=O) groups excluding carboxylic acids is 1. The number of halogens is 1. The minimum absolute atomic E-state index is 0. The highest BCUT2D eigenvalue weighted by molar-refractivity contribution is 14.0. The third-order valence-electron chi connectivity index (χ3n) is 5.81. The maximum absolute atomic E-state index is 12.7. The van der Waals surface area contributed by atoms with Crippen molar-refractivity contribution in [2.75, 3.05) is 44.8 Å². The lowest BCUT2D eigenvalue weighted by atomic mass is 9.85. The standard InChI is InChI=1S/C21H40N4O2S.HI/c1-5-27-19(16(2)3)10-11-23-21(22-4)24-18-8-6-17(7-9-18)20(26)25-12-14-28-15-13-25;/h16-19H,5-15H2,1-4H3,(H2,22,23,24);1H. The van der Waals surface area contributed by atoms with E-state index in [1.54, 1.807) is 0 Å². The summed E-state index contributed by atoms with van der Waals surface area (Å²) in [5.74, 6) is 4.16. The number of guanidine groups is 1. The molecule has 2 N–H and O–H groups in total. The van der Waals surface area contributed by atoms with Crippen LogP contribution in [0.5, 0.6) is 0 Å². The fourth-order valence-corrected chi connectivity index (χ4v) is 4.97. The highest BCUT2D eigenvalue weighted by Crippen LogP contribution is 2.27. The Balaban J connectivity index is 0.00000420. The van der Waals surface area contributed by atoms with Crippen LogP contribution < -0.4 is 10.6 Å². The van der Waals surface area contributed by atoms with E-state index in [0.717, 1.165) is 75.8 Å². The molecule has 2 rings (SSSR count). The summed E-state index contributed by atoms with van der Waals surface area (Å²) in [7, 11) is 1.82. The first-order valence-corrected chi connectivity index (χ1v) is 12.2. The number of rotatable bonds is 8. The van der Waals surface area contributed by atoms with Crippen LogP contribution in [0, 0.1) is 11.8 Å². The normalized spacial score (nSPS) is 24.0. The molecule has 29 heavy (non-hydrogen) atoms. The van der Waals surface area contributed by atoms with Crippen LogP contribution in [0.1, 0.15) is 52.9 Å². The van der Waals surface area contributed by atoms with E-state index >= 15 is 0 Å². The van der Waals surface area contributed by atoms with Gasteiger partial charge in [-0.1, -0.05) is 13.8 Å². The van der Waals surface area contributed by atoms with E-state index in [1.165, 1.54) is 0 Å². The third-order valence-corrected chi connectivity index (χ3v) is 6.75. The van der Waals surface area contributed by atoms with Crippen molar-refractivity contribution in [1.82, 2.24) is 15.5 Å². The molecule has 1 saturated carbocycles. The molecule has 0 spiro atoms. The summed E-state index contributed by atoms with van der Waals surface area (Å²) >= 11 is 1.95. The molecule has 0 aromatic carbocycles. The van der Waals surface area contributed by atoms with Gasteiger partial charge in [-0.15, -0.1) is 24.0 Å². The van der Waals surface area contributed by atoms with E-state index in [-0.39, 0.29) is 36.0 Å². The number of carbonyl (C=O) groups is 1. The lowest BCUT2D eigenvalue weighted by molar-refractivity contribution is -0.136. The van der Waals surface area contributed by atoms with Crippen molar-refractivity contribution in [1.29, 1.82) is 0 Å². The highest BCUT2D eigenvalue weighted by atomic mass is 127. The second kappa shape index (κ2) is 14.7. The molecule has 1 aliphatic carbocycles. The zero-order valence-corrected chi connectivity index (χ0v) is 21.8. The Morgan fingerprint density at radius 2 is 1.86 bits per heavy atom. The van der Waals surface area contributed by atoms with Gasteiger partial charge >= 0.3 is 0 Å². The maximum Gasteiger partial charge on any atom is 0.225 e. The van der Waals surface area contributed by atoms with E-state index in [0.29, 0.717) is 17.9 Å². The molecule has 170 valence electrons. The van der Waals surface area contributed by atoms with Gasteiger partial charge in [0.05, 0.1) is 6.10 Å². The number of aliphatic imine (C=N–C) groups is 1. The molecule has 0 bridgehead atoms. The first-order chi connectivity index (χ1) is 13.5. The SMILES string of the molecule is CCOC(CCNC(=NC)NC1CCC(C(=O)N2CCSCC2)CC1)C(C)C.I. The lowest BCUT2D eigenvalue weighted by Crippen LogP contribution is -2.47. The van der Waals surface area contributed by atoms with Crippen molar-refractivity contribution in [3.05, 3.63) is 0 Å². The average molecular weight is 541 g/mol. The van der Waals surface area contributed by atoms with Crippen LogP contribution in [0.2, 0.25) is 0 Å². The molecular formula is C21H41IN4O2S. The first kappa shape index (κ1) is 26.8. The van der Waals surface area contributed by atoms with E-state index in [9.17, 15) is 4.79 Å². The average Bonchev–Trinajstić information content (AvgIpc) is 2.72. The van der Waals surface area contributed by atoms with Gasteiger partial charge in [-0.05, 0) is 44.9 Å². The van der Waals surface area contributed by atoms with Gasteiger partial charge in [-0.25, -0.2) is 0 Å². The lowest BCUT2D eigenvalue weighted by Gasteiger charge is -2.34. The van der Waals surface area contributed by atoms with Gasteiger partial charge in [0.2, 0.25) is 5.91 Å². The molecule has 1 amide bonds. The predicted octanol–water partition coefficient (Wildman–Crippen LogP) is 3.35. The van der Waals surface area contributed by atoms with Gasteiger partial charge in [0.25, 0.3) is 0 Å². The minimum Gasteiger partial charge on any atom is -0.378 e. The van der Waals surface area contributed by atoms with Crippen LogP contribution in [0.3, 0.4) is 0 Å². The molecule has 2 aliphatic rings. The second-order valence-corrected chi connectivity index (χ2v) is 9.38. The Morgan fingerprint density at radius 1 is 1.21 bits per heavy atom. The zero-order chi connectivity index (χ0) is 20.4. The van der Waals surface area contributed by atoms with Gasteiger partial charge < -0.3 is 20.3 Å². The number of nitrogens with zero attached hydrogens (tertiary/aromatic N) is 2. The van der Waals surface area contributed by atoms with E-state index < -0.39 is 0 Å². The van der Waals surface area contributed by atoms with Crippen LogP contribution in [0.25, 0.3) is 0 Å². The van der Waals surface area contributed by atoms with Crippen LogP contribution in [0.4, 0.5) is 0 Å². The summed E-state index contributed by atoms with van der Waals surface area (Å²) in [5.41, 5.74) is 0. The summed E-state index contributed by atoms with van der Waals surface area (Å²) in [6.45, 7) is 9.92. The van der Waals surface area contributed by atoms with Gasteiger partial charge in [0.1, 0.15) is 0 Å². The second-order valence-electron chi connectivity index (χ2n) is 8.16. The summed E-state index contributed by atoms with van der Waals surface area (Å²) in [4.78, 5) is 19.2. The Labute approximate surface area is 198 Å². The van der Waals surface area contributed by atoms with Crippen LogP contribution >= 0.6 is 35.7 Å². The van der Waals surface area contributed by atoms with Crippen LogP contribution in [-0.2, 0) is 9.53 Å². The summed E-state index contributed by atoms with van der Waals surface area (Å²) in [5, 5.41) is 6.98. The Hall–Kier alpha value is -0.220. The van der Waals surface area contributed by atoms with Crippen LogP contribution in [0.15, 0.2) is 4.99 Å². The van der Waals surface area contributed by atoms with Crippen molar-refractivity contribution in [3.63, 3.8) is 0 Å². The monoisotopic (exact) mass is 540 g/mol. The van der Waals surface area contributed by atoms with Crippen molar-refractivity contribution in [2.45, 2.75) is 65.0 Å². The first-order valence-electron chi connectivity index (χ1n) is 11.0. The smallest absolute Gasteiger partial charge is 0.225 e. The number of amides is 1. The Morgan fingerprint density at radius 3 is 2.41 bits per heavy atom. The van der Waals surface area contributed by atoms with E-state index in [4.69, 9.17) is 4.74 Å². The minimum atomic E-state index is 0. The van der Waals surface area contributed by atoms with Gasteiger partial charge in [-0.2, -0.15) is 11.8 Å². The maximum atomic E-state index is 12.7. The largest absolute Gasteiger partial charge is 0.378 e. The van der Waals surface area contributed by atoms with Gasteiger partial charge in [0, 0.05) is 56.8 Å². The van der Waals surface area contributed by atoms with Gasteiger partial charge in [0.15, 0.2) is 5.96 Å². The molecule has 1 atom stereocenters.